The van der Waals surface area contributed by atoms with Gasteiger partial charge in [0.2, 0.25) is 0 Å². The molecule has 0 saturated heterocycles. The molecule has 0 aliphatic rings. The molecule has 0 aliphatic carbocycles. The van der Waals surface area contributed by atoms with Gasteiger partial charge in [0.25, 0.3) is 0 Å². The van der Waals surface area contributed by atoms with Crippen LogP contribution in [0.25, 0.3) is 0 Å². The van der Waals surface area contributed by atoms with E-state index in [0.717, 1.165) is 19.3 Å². The topological polar surface area (TPSA) is 54.6 Å². The highest BCUT2D eigenvalue weighted by Gasteiger charge is 2.05. The molecule has 0 saturated carbocycles. The molecule has 4 heteroatoms. The normalized spacial score (nSPS) is 12.4. The molecule has 19 heavy (non-hydrogen) atoms. The van der Waals surface area contributed by atoms with Crippen molar-refractivity contribution in [1.29, 1.82) is 0 Å². The van der Waals surface area contributed by atoms with Crippen LogP contribution >= 0.6 is 0 Å². The van der Waals surface area contributed by atoms with Crippen LogP contribution in [0.15, 0.2) is 39.6 Å². The number of amides is 1. The van der Waals surface area contributed by atoms with Gasteiger partial charge in [-0.05, 0) is 51.2 Å². The zero-order chi connectivity index (χ0) is 14.1. The number of hydrazone groups is 1. The first kappa shape index (κ1) is 15.2. The van der Waals surface area contributed by atoms with Crippen LogP contribution in [-0.4, -0.2) is 12.1 Å². The summed E-state index contributed by atoms with van der Waals surface area (Å²) in [7, 11) is 0. The van der Waals surface area contributed by atoms with Gasteiger partial charge in [-0.2, -0.15) is 5.10 Å². The van der Waals surface area contributed by atoms with E-state index in [1.165, 1.54) is 11.8 Å². The SMILES string of the molecule is CC(C)=CCC[C@@H](C)C/C=N/NC(=O)c1ccco1. The van der Waals surface area contributed by atoms with Gasteiger partial charge in [-0.15, -0.1) is 0 Å². The van der Waals surface area contributed by atoms with E-state index in [9.17, 15) is 4.79 Å². The smallest absolute Gasteiger partial charge is 0.307 e. The number of nitrogens with one attached hydrogen (secondary N) is 1. The maximum atomic E-state index is 11.5. The van der Waals surface area contributed by atoms with Crippen molar-refractivity contribution in [1.82, 2.24) is 5.43 Å². The van der Waals surface area contributed by atoms with E-state index in [1.54, 1.807) is 18.3 Å². The van der Waals surface area contributed by atoms with Crippen LogP contribution in [-0.2, 0) is 0 Å². The first-order valence-corrected chi connectivity index (χ1v) is 6.58. The molecular formula is C15H22N2O2. The van der Waals surface area contributed by atoms with Crippen LogP contribution in [0.1, 0.15) is 50.6 Å². The van der Waals surface area contributed by atoms with Crippen molar-refractivity contribution >= 4 is 12.1 Å². The summed E-state index contributed by atoms with van der Waals surface area (Å²) in [6, 6.07) is 3.27. The molecule has 1 aromatic heterocycles. The number of allylic oxidation sites excluding steroid dienone is 2. The lowest BCUT2D eigenvalue weighted by molar-refractivity contribution is 0.0927. The standard InChI is InChI=1S/C15H22N2O2/c1-12(2)6-4-7-13(3)9-10-16-17-15(18)14-8-5-11-19-14/h5-6,8,10-11,13H,4,7,9H2,1-3H3,(H,17,18)/b16-10+/t13-/m1/s1. The van der Waals surface area contributed by atoms with Gasteiger partial charge in [0, 0.05) is 6.21 Å². The molecule has 1 atom stereocenters. The van der Waals surface area contributed by atoms with E-state index in [4.69, 9.17) is 4.42 Å². The summed E-state index contributed by atoms with van der Waals surface area (Å²) < 4.78 is 4.96. The molecule has 4 nitrogen and oxygen atoms in total. The summed E-state index contributed by atoms with van der Waals surface area (Å²) in [5.74, 6) is 0.507. The Kier molecular flexibility index (Phi) is 6.64. The van der Waals surface area contributed by atoms with Crippen molar-refractivity contribution in [3.8, 4) is 0 Å². The molecule has 1 aromatic rings. The lowest BCUT2D eigenvalue weighted by atomic mass is 10.0. The van der Waals surface area contributed by atoms with Crippen LogP contribution < -0.4 is 5.43 Å². The summed E-state index contributed by atoms with van der Waals surface area (Å²) >= 11 is 0. The average Bonchev–Trinajstić information content (AvgIpc) is 2.87. The second kappa shape index (κ2) is 8.29. The zero-order valence-electron chi connectivity index (χ0n) is 11.8. The summed E-state index contributed by atoms with van der Waals surface area (Å²) in [5.41, 5.74) is 3.79. The average molecular weight is 262 g/mol. The Bertz CT molecular complexity index is 429. The molecule has 1 N–H and O–H groups in total. The molecular weight excluding hydrogens is 240 g/mol. The van der Waals surface area contributed by atoms with Crippen molar-refractivity contribution in [2.45, 2.75) is 40.0 Å². The van der Waals surface area contributed by atoms with E-state index in [0.29, 0.717) is 5.92 Å². The monoisotopic (exact) mass is 262 g/mol. The van der Waals surface area contributed by atoms with E-state index in [-0.39, 0.29) is 11.7 Å². The van der Waals surface area contributed by atoms with Gasteiger partial charge in [-0.25, -0.2) is 5.43 Å². The number of nitrogens with zero attached hydrogens (tertiary/aromatic N) is 1. The molecule has 1 rings (SSSR count). The lowest BCUT2D eigenvalue weighted by Crippen LogP contribution is -2.16. The molecule has 0 bridgehead atoms. The molecule has 0 spiro atoms. The highest BCUT2D eigenvalue weighted by molar-refractivity contribution is 5.91. The fraction of sp³-hybridized carbons (Fsp3) is 0.467. The Labute approximate surface area is 114 Å². The van der Waals surface area contributed by atoms with Crippen molar-refractivity contribution in [3.05, 3.63) is 35.8 Å². The lowest BCUT2D eigenvalue weighted by Gasteiger charge is -2.05. The van der Waals surface area contributed by atoms with Crippen LogP contribution in [0.4, 0.5) is 0 Å². The molecule has 1 heterocycles. The van der Waals surface area contributed by atoms with Gasteiger partial charge in [-0.1, -0.05) is 18.6 Å². The zero-order valence-corrected chi connectivity index (χ0v) is 11.8. The fourth-order valence-electron chi connectivity index (χ4n) is 1.57. The first-order chi connectivity index (χ1) is 9.09. The number of rotatable bonds is 7. The van der Waals surface area contributed by atoms with Crippen LogP contribution in [0.3, 0.4) is 0 Å². The molecule has 1 amide bonds. The third-order valence-electron chi connectivity index (χ3n) is 2.72. The second-order valence-corrected chi connectivity index (χ2v) is 4.93. The number of furan rings is 1. The van der Waals surface area contributed by atoms with Crippen molar-refractivity contribution in [2.24, 2.45) is 11.0 Å². The minimum absolute atomic E-state index is 0.272. The van der Waals surface area contributed by atoms with E-state index < -0.39 is 0 Å². The number of carbonyl (C=O) groups excluding carboxylic acids is 1. The Morgan fingerprint density at radius 3 is 2.95 bits per heavy atom. The van der Waals surface area contributed by atoms with Gasteiger partial charge in [0.1, 0.15) is 0 Å². The minimum Gasteiger partial charge on any atom is -0.459 e. The number of hydrogen-bond donors (Lipinski definition) is 1. The molecule has 104 valence electrons. The molecule has 0 aliphatic heterocycles. The predicted octanol–water partition coefficient (Wildman–Crippen LogP) is 3.77. The Morgan fingerprint density at radius 2 is 2.32 bits per heavy atom. The van der Waals surface area contributed by atoms with Gasteiger partial charge < -0.3 is 4.42 Å². The van der Waals surface area contributed by atoms with Crippen molar-refractivity contribution < 1.29 is 9.21 Å². The summed E-state index contributed by atoms with van der Waals surface area (Å²) in [6.45, 7) is 6.39. The summed E-state index contributed by atoms with van der Waals surface area (Å²) in [5, 5.41) is 3.91. The maximum Gasteiger partial charge on any atom is 0.307 e. The highest BCUT2D eigenvalue weighted by atomic mass is 16.3. The van der Waals surface area contributed by atoms with Gasteiger partial charge >= 0.3 is 5.91 Å². The highest BCUT2D eigenvalue weighted by Crippen LogP contribution is 2.10. The van der Waals surface area contributed by atoms with E-state index >= 15 is 0 Å². The van der Waals surface area contributed by atoms with Crippen LogP contribution in [0.2, 0.25) is 0 Å². The van der Waals surface area contributed by atoms with Crippen molar-refractivity contribution in [3.63, 3.8) is 0 Å². The molecule has 0 fully saturated rings. The third-order valence-corrected chi connectivity index (χ3v) is 2.72. The van der Waals surface area contributed by atoms with E-state index in [2.05, 4.69) is 37.4 Å². The summed E-state index contributed by atoms with van der Waals surface area (Å²) in [4.78, 5) is 11.5. The van der Waals surface area contributed by atoms with Gasteiger partial charge in [-0.3, -0.25) is 4.79 Å². The summed E-state index contributed by atoms with van der Waals surface area (Å²) in [6.07, 6.45) is 8.53. The molecule has 0 unspecified atom stereocenters. The van der Waals surface area contributed by atoms with Gasteiger partial charge in [0.05, 0.1) is 6.26 Å². The molecule has 0 radical (unpaired) electrons. The number of hydrogen-bond acceptors (Lipinski definition) is 3. The van der Waals surface area contributed by atoms with Crippen LogP contribution in [0.5, 0.6) is 0 Å². The van der Waals surface area contributed by atoms with Crippen LogP contribution in [0, 0.1) is 5.92 Å². The Balaban J connectivity index is 2.19. The fourth-order valence-corrected chi connectivity index (χ4v) is 1.57. The maximum absolute atomic E-state index is 11.5. The quantitative estimate of drug-likeness (QED) is 0.462. The predicted molar refractivity (Wildman–Crippen MR) is 77.1 cm³/mol. The first-order valence-electron chi connectivity index (χ1n) is 6.58. The minimum atomic E-state index is -0.321. The largest absolute Gasteiger partial charge is 0.459 e. The molecule has 0 aromatic carbocycles. The third kappa shape index (κ3) is 6.60. The van der Waals surface area contributed by atoms with Gasteiger partial charge in [0.15, 0.2) is 5.76 Å². The Hall–Kier alpha value is -1.84. The Morgan fingerprint density at radius 1 is 1.53 bits per heavy atom. The van der Waals surface area contributed by atoms with Crippen molar-refractivity contribution in [2.75, 3.05) is 0 Å². The number of carbonyl (C=O) groups is 1. The van der Waals surface area contributed by atoms with E-state index in [1.807, 2.05) is 0 Å². The second-order valence-electron chi connectivity index (χ2n) is 4.93.